The van der Waals surface area contributed by atoms with Crippen molar-refractivity contribution in [3.05, 3.63) is 112 Å². The van der Waals surface area contributed by atoms with Gasteiger partial charge in [0.2, 0.25) is 0 Å². The van der Waals surface area contributed by atoms with Gasteiger partial charge in [-0.2, -0.15) is 0 Å². The molecule has 3 aromatic carbocycles. The number of imidazole rings is 1. The molecule has 0 bridgehead atoms. The van der Waals surface area contributed by atoms with E-state index in [4.69, 9.17) is 0 Å². The van der Waals surface area contributed by atoms with Crippen molar-refractivity contribution >= 4 is 11.9 Å². The van der Waals surface area contributed by atoms with Crippen molar-refractivity contribution in [2.75, 3.05) is 0 Å². The summed E-state index contributed by atoms with van der Waals surface area (Å²) in [5, 5.41) is 19.5. The average Bonchev–Trinajstić information content (AvgIpc) is 3.15. The Balaban J connectivity index is 1.77. The van der Waals surface area contributed by atoms with Crippen LogP contribution in [0.2, 0.25) is 0 Å². The molecule has 0 saturated heterocycles. The molecule has 7 nitrogen and oxygen atoms in total. The molecule has 7 heteroatoms. The summed E-state index contributed by atoms with van der Waals surface area (Å²) in [7, 11) is 0. The second-order valence-corrected chi connectivity index (χ2v) is 8.29. The molecule has 1 aromatic heterocycles. The Labute approximate surface area is 202 Å². The van der Waals surface area contributed by atoms with Gasteiger partial charge in [-0.25, -0.2) is 14.4 Å². The summed E-state index contributed by atoms with van der Waals surface area (Å²) in [6.07, 6.45) is 2.09. The molecule has 0 unspecified atom stereocenters. The number of nitrogens with zero attached hydrogens (tertiary/aromatic N) is 2. The second kappa shape index (κ2) is 10.3. The van der Waals surface area contributed by atoms with Gasteiger partial charge in [-0.05, 0) is 47.7 Å². The molecular weight excluding hydrogens is 444 g/mol. The second-order valence-electron chi connectivity index (χ2n) is 8.29. The van der Waals surface area contributed by atoms with Crippen molar-refractivity contribution in [2.45, 2.75) is 32.7 Å². The largest absolute Gasteiger partial charge is 0.478 e. The minimum Gasteiger partial charge on any atom is -0.478 e. The highest BCUT2D eigenvalue weighted by Gasteiger charge is 2.25. The van der Waals surface area contributed by atoms with Gasteiger partial charge in [0.15, 0.2) is 5.69 Å². The van der Waals surface area contributed by atoms with Crippen molar-refractivity contribution in [2.24, 2.45) is 0 Å². The third-order valence-electron chi connectivity index (χ3n) is 5.99. The van der Waals surface area contributed by atoms with E-state index in [2.05, 4.69) is 0 Å². The predicted molar refractivity (Wildman–Crippen MR) is 134 cm³/mol. The maximum Gasteiger partial charge on any atom is 0.354 e. The minimum atomic E-state index is -1.14. The first-order valence-electron chi connectivity index (χ1n) is 11.5. The highest BCUT2D eigenvalue weighted by Crippen LogP contribution is 2.25. The fourth-order valence-electron chi connectivity index (χ4n) is 4.28. The van der Waals surface area contributed by atoms with E-state index in [-0.39, 0.29) is 17.8 Å². The lowest BCUT2D eigenvalue weighted by atomic mass is 9.99. The van der Waals surface area contributed by atoms with Gasteiger partial charge in [0.1, 0.15) is 0 Å². The fourth-order valence-corrected chi connectivity index (χ4v) is 4.28. The molecule has 0 amide bonds. The van der Waals surface area contributed by atoms with Gasteiger partial charge in [0, 0.05) is 0 Å². The van der Waals surface area contributed by atoms with E-state index in [9.17, 15) is 24.6 Å². The molecule has 2 N–H and O–H groups in total. The lowest BCUT2D eigenvalue weighted by Crippen LogP contribution is -2.25. The third-order valence-corrected chi connectivity index (χ3v) is 5.99. The van der Waals surface area contributed by atoms with Crippen LogP contribution in [0, 0.1) is 0 Å². The van der Waals surface area contributed by atoms with E-state index >= 15 is 0 Å². The van der Waals surface area contributed by atoms with Gasteiger partial charge in [-0.3, -0.25) is 9.13 Å². The Bertz CT molecular complexity index is 1420. The minimum absolute atomic E-state index is 0.0124. The Morgan fingerprint density at radius 3 is 2.11 bits per heavy atom. The van der Waals surface area contributed by atoms with Crippen LogP contribution in [0.15, 0.2) is 83.7 Å². The number of hydrogen-bond donors (Lipinski definition) is 2. The zero-order valence-corrected chi connectivity index (χ0v) is 19.3. The molecule has 4 aromatic rings. The van der Waals surface area contributed by atoms with Crippen molar-refractivity contribution in [1.82, 2.24) is 9.13 Å². The number of carboxylic acids is 2. The molecule has 0 atom stereocenters. The van der Waals surface area contributed by atoms with E-state index in [1.54, 1.807) is 48.5 Å². The zero-order chi connectivity index (χ0) is 24.9. The third kappa shape index (κ3) is 4.80. The molecule has 35 heavy (non-hydrogen) atoms. The number of carboxylic acid groups (broad SMARTS) is 2. The monoisotopic (exact) mass is 470 g/mol. The molecule has 0 radical (unpaired) electrons. The lowest BCUT2D eigenvalue weighted by molar-refractivity contribution is 0.0679. The topological polar surface area (TPSA) is 102 Å². The summed E-state index contributed by atoms with van der Waals surface area (Å²) in [5.41, 5.74) is 2.96. The van der Waals surface area contributed by atoms with Crippen LogP contribution in [0.25, 0.3) is 16.8 Å². The molecule has 0 spiro atoms. The Kier molecular flexibility index (Phi) is 6.96. The Morgan fingerprint density at radius 1 is 0.829 bits per heavy atom. The number of hydrogen-bond acceptors (Lipinski definition) is 3. The molecule has 1 heterocycles. The predicted octanol–water partition coefficient (Wildman–Crippen LogP) is 5.09. The number of unbranched alkanes of at least 4 members (excludes halogenated alkanes) is 1. The quantitative estimate of drug-likeness (QED) is 0.355. The van der Waals surface area contributed by atoms with Crippen LogP contribution in [0.1, 0.15) is 51.9 Å². The number of benzene rings is 3. The van der Waals surface area contributed by atoms with Crippen molar-refractivity contribution in [3.63, 3.8) is 0 Å². The van der Waals surface area contributed by atoms with E-state index in [1.807, 2.05) is 37.3 Å². The van der Waals surface area contributed by atoms with E-state index < -0.39 is 17.6 Å². The Morgan fingerprint density at radius 2 is 1.49 bits per heavy atom. The van der Waals surface area contributed by atoms with Gasteiger partial charge < -0.3 is 10.2 Å². The molecular formula is C28H26N2O5. The summed E-state index contributed by atoms with van der Waals surface area (Å²) in [4.78, 5) is 37.3. The first kappa shape index (κ1) is 23.8. The summed E-state index contributed by atoms with van der Waals surface area (Å²) >= 11 is 0. The number of carbonyl (C=O) groups is 2. The number of aromatic carboxylic acids is 2. The number of rotatable bonds is 9. The first-order valence-corrected chi connectivity index (χ1v) is 11.5. The van der Waals surface area contributed by atoms with Crippen molar-refractivity contribution in [3.8, 4) is 16.8 Å². The van der Waals surface area contributed by atoms with Gasteiger partial charge in [0.25, 0.3) is 0 Å². The molecule has 4 rings (SSSR count). The smallest absolute Gasteiger partial charge is 0.354 e. The molecule has 0 fully saturated rings. The Hall–Kier alpha value is -4.39. The van der Waals surface area contributed by atoms with Crippen LogP contribution in [0.5, 0.6) is 0 Å². The summed E-state index contributed by atoms with van der Waals surface area (Å²) < 4.78 is 2.80. The van der Waals surface area contributed by atoms with E-state index in [1.165, 1.54) is 9.13 Å². The first-order chi connectivity index (χ1) is 16.9. The van der Waals surface area contributed by atoms with Crippen LogP contribution >= 0.6 is 0 Å². The van der Waals surface area contributed by atoms with Crippen molar-refractivity contribution < 1.29 is 19.8 Å². The standard InChI is InChI=1S/C28H26N2O5/c1-2-3-13-24-25(27(33)34)30(21-9-5-4-6-10-21)28(35)29(24)18-19-14-16-20(17-15-19)22-11-7-8-12-23(22)26(31)32/h4-12,14-17H,2-3,13,18H2,1H3,(H,31,32)(H,33,34). The fraction of sp³-hybridized carbons (Fsp3) is 0.179. The average molecular weight is 471 g/mol. The van der Waals surface area contributed by atoms with E-state index in [0.717, 1.165) is 24.0 Å². The normalized spacial score (nSPS) is 10.9. The molecule has 0 aliphatic heterocycles. The molecule has 0 aliphatic rings. The van der Waals surface area contributed by atoms with Crippen LogP contribution in [0.3, 0.4) is 0 Å². The van der Waals surface area contributed by atoms with Crippen LogP contribution in [-0.2, 0) is 13.0 Å². The van der Waals surface area contributed by atoms with Crippen LogP contribution in [-0.4, -0.2) is 31.3 Å². The SMILES string of the molecule is CCCCc1c(C(=O)O)n(-c2ccccc2)c(=O)n1Cc1ccc(-c2ccccc2C(=O)O)cc1. The molecule has 0 saturated carbocycles. The summed E-state index contributed by atoms with van der Waals surface area (Å²) in [5.74, 6) is -2.14. The van der Waals surface area contributed by atoms with Crippen LogP contribution < -0.4 is 5.69 Å². The molecule has 178 valence electrons. The summed E-state index contributed by atoms with van der Waals surface area (Å²) in [6, 6.07) is 22.9. The van der Waals surface area contributed by atoms with Gasteiger partial charge >= 0.3 is 17.6 Å². The highest BCUT2D eigenvalue weighted by molar-refractivity contribution is 5.96. The highest BCUT2D eigenvalue weighted by atomic mass is 16.4. The lowest BCUT2D eigenvalue weighted by Gasteiger charge is -2.10. The maximum absolute atomic E-state index is 13.5. The van der Waals surface area contributed by atoms with Crippen molar-refractivity contribution in [1.29, 1.82) is 0 Å². The number of aromatic nitrogens is 2. The summed E-state index contributed by atoms with van der Waals surface area (Å²) in [6.45, 7) is 2.23. The van der Waals surface area contributed by atoms with E-state index in [0.29, 0.717) is 23.4 Å². The van der Waals surface area contributed by atoms with Crippen LogP contribution in [0.4, 0.5) is 0 Å². The zero-order valence-electron chi connectivity index (χ0n) is 19.3. The van der Waals surface area contributed by atoms with Gasteiger partial charge in [0.05, 0.1) is 23.5 Å². The maximum atomic E-state index is 13.5. The van der Waals surface area contributed by atoms with Gasteiger partial charge in [-0.1, -0.05) is 74.0 Å². The molecule has 0 aliphatic carbocycles. The van der Waals surface area contributed by atoms with Gasteiger partial charge in [-0.15, -0.1) is 0 Å². The number of para-hydroxylation sites is 1.